The van der Waals surface area contributed by atoms with Gasteiger partial charge in [-0.3, -0.25) is 4.98 Å². The first-order valence-corrected chi connectivity index (χ1v) is 21.6. The average molecular weight is 776 g/mol. The van der Waals surface area contributed by atoms with Gasteiger partial charge in [0.15, 0.2) is 0 Å². The smallest absolute Gasteiger partial charge is 0.0726 e. The normalized spacial score (nSPS) is 15.1. The molecule has 0 aliphatic heterocycles. The van der Waals surface area contributed by atoms with Gasteiger partial charge in [0.25, 0.3) is 0 Å². The number of hydrogen-bond donors (Lipinski definition) is 0. The van der Waals surface area contributed by atoms with E-state index in [4.69, 9.17) is 4.98 Å². The Balaban J connectivity index is 1.12. The first-order chi connectivity index (χ1) is 29.8. The quantitative estimate of drug-likeness (QED) is 0.159. The van der Waals surface area contributed by atoms with Gasteiger partial charge in [-0.15, -0.1) is 11.3 Å². The molecule has 1 unspecified atom stereocenters. The molecular formula is C58H33NS. The highest BCUT2D eigenvalue weighted by atomic mass is 32.1. The van der Waals surface area contributed by atoms with Crippen LogP contribution in [0.3, 0.4) is 0 Å². The predicted molar refractivity (Wildman–Crippen MR) is 254 cm³/mol. The van der Waals surface area contributed by atoms with Crippen molar-refractivity contribution in [1.82, 2.24) is 4.98 Å². The van der Waals surface area contributed by atoms with Crippen LogP contribution >= 0.6 is 11.3 Å². The first kappa shape index (κ1) is 32.6. The Hall–Kier alpha value is -7.39. The molecule has 276 valence electrons. The van der Waals surface area contributed by atoms with Crippen molar-refractivity contribution in [3.8, 4) is 44.5 Å². The molecule has 10 aromatic carbocycles. The van der Waals surface area contributed by atoms with Crippen molar-refractivity contribution in [1.29, 1.82) is 0 Å². The largest absolute Gasteiger partial charge is 0.256 e. The molecule has 2 heteroatoms. The lowest BCUT2D eigenvalue weighted by atomic mass is 9.70. The fourth-order valence-corrected chi connectivity index (χ4v) is 12.5. The Bertz CT molecular complexity index is 3790. The summed E-state index contributed by atoms with van der Waals surface area (Å²) < 4.78 is 2.67. The van der Waals surface area contributed by atoms with Crippen LogP contribution in [0.1, 0.15) is 22.3 Å². The van der Waals surface area contributed by atoms with E-state index in [0.29, 0.717) is 0 Å². The van der Waals surface area contributed by atoms with Crippen molar-refractivity contribution in [3.63, 3.8) is 0 Å². The summed E-state index contributed by atoms with van der Waals surface area (Å²) in [7, 11) is 0. The fourth-order valence-electron chi connectivity index (χ4n) is 11.4. The van der Waals surface area contributed by atoms with E-state index in [-0.39, 0.29) is 0 Å². The number of benzene rings is 10. The molecule has 2 aliphatic carbocycles. The second-order valence-corrected chi connectivity index (χ2v) is 17.6. The molecule has 0 radical (unpaired) electrons. The predicted octanol–water partition coefficient (Wildman–Crippen LogP) is 15.7. The number of hydrogen-bond acceptors (Lipinski definition) is 2. The van der Waals surface area contributed by atoms with E-state index in [1.165, 1.54) is 125 Å². The Kier molecular flexibility index (Phi) is 6.43. The van der Waals surface area contributed by atoms with Crippen LogP contribution in [0.2, 0.25) is 0 Å². The van der Waals surface area contributed by atoms with Crippen LogP contribution in [0.5, 0.6) is 0 Å². The molecule has 2 aromatic heterocycles. The van der Waals surface area contributed by atoms with Crippen LogP contribution in [-0.2, 0) is 5.41 Å². The minimum absolute atomic E-state index is 0.505. The molecule has 0 N–H and O–H groups in total. The summed E-state index contributed by atoms with van der Waals surface area (Å²) in [6.07, 6.45) is 1.89. The van der Waals surface area contributed by atoms with Crippen LogP contribution in [-0.4, -0.2) is 4.98 Å². The van der Waals surface area contributed by atoms with Crippen molar-refractivity contribution in [2.75, 3.05) is 0 Å². The standard InChI is InChI=1S/C58H33NS/c1-2-14-36-34(13-1)27-29-49-57(36)45-28-26-35(31-50(45)58(49)48-23-9-7-15-37(48)46-33-54-47(32-51(46)58)39-16-8-10-25-53(39)60-54)55-41-17-3-5-19-43(41)56(44-20-6-4-18-42(44)55)40-21-11-24-52-38(40)22-12-30-59-52/h1-33H. The minimum Gasteiger partial charge on any atom is -0.256 e. The van der Waals surface area contributed by atoms with E-state index in [2.05, 4.69) is 194 Å². The molecule has 0 amide bonds. The minimum atomic E-state index is -0.505. The summed E-state index contributed by atoms with van der Waals surface area (Å²) in [5.74, 6) is 0. The number of pyridine rings is 1. The summed E-state index contributed by atoms with van der Waals surface area (Å²) in [6, 6.07) is 73.2. The lowest BCUT2D eigenvalue weighted by Crippen LogP contribution is -2.26. The topological polar surface area (TPSA) is 12.9 Å². The third-order valence-electron chi connectivity index (χ3n) is 13.7. The van der Waals surface area contributed by atoms with Gasteiger partial charge >= 0.3 is 0 Å². The van der Waals surface area contributed by atoms with Gasteiger partial charge in [0.2, 0.25) is 0 Å². The van der Waals surface area contributed by atoms with E-state index in [9.17, 15) is 0 Å². The molecule has 0 saturated carbocycles. The molecule has 2 heterocycles. The van der Waals surface area contributed by atoms with Gasteiger partial charge in [0, 0.05) is 31.8 Å². The summed E-state index contributed by atoms with van der Waals surface area (Å²) >= 11 is 1.90. The van der Waals surface area contributed by atoms with Crippen molar-refractivity contribution in [2.45, 2.75) is 5.41 Å². The summed E-state index contributed by atoms with van der Waals surface area (Å²) in [5.41, 5.74) is 16.3. The zero-order valence-corrected chi connectivity index (χ0v) is 33.2. The molecule has 1 nitrogen and oxygen atoms in total. The van der Waals surface area contributed by atoms with Gasteiger partial charge in [0.05, 0.1) is 10.9 Å². The lowest BCUT2D eigenvalue weighted by Gasteiger charge is -2.31. The molecule has 2 aliphatic rings. The van der Waals surface area contributed by atoms with E-state index in [0.717, 1.165) is 5.52 Å². The van der Waals surface area contributed by atoms with Crippen LogP contribution in [0.4, 0.5) is 0 Å². The van der Waals surface area contributed by atoms with Gasteiger partial charge in [-0.25, -0.2) is 0 Å². The number of rotatable bonds is 2. The summed E-state index contributed by atoms with van der Waals surface area (Å²) in [6.45, 7) is 0. The van der Waals surface area contributed by atoms with Crippen molar-refractivity contribution in [3.05, 3.63) is 223 Å². The Morgan fingerprint density at radius 3 is 1.83 bits per heavy atom. The first-order valence-electron chi connectivity index (χ1n) is 20.8. The van der Waals surface area contributed by atoms with Crippen LogP contribution in [0, 0.1) is 0 Å². The maximum atomic E-state index is 4.76. The third kappa shape index (κ3) is 4.09. The average Bonchev–Trinajstić information content (AvgIpc) is 3.93. The maximum Gasteiger partial charge on any atom is 0.0726 e. The van der Waals surface area contributed by atoms with E-state index >= 15 is 0 Å². The van der Waals surface area contributed by atoms with Crippen molar-refractivity contribution >= 4 is 74.7 Å². The molecule has 0 saturated heterocycles. The van der Waals surface area contributed by atoms with E-state index in [1.807, 2.05) is 17.5 Å². The van der Waals surface area contributed by atoms with Crippen molar-refractivity contribution in [2.24, 2.45) is 0 Å². The van der Waals surface area contributed by atoms with Gasteiger partial charge in [-0.05, 0) is 135 Å². The molecule has 60 heavy (non-hydrogen) atoms. The molecule has 0 bridgehead atoms. The second kappa shape index (κ2) is 11.9. The number of thiophene rings is 1. The highest BCUT2D eigenvalue weighted by Gasteiger charge is 2.52. The number of fused-ring (bicyclic) bond motifs is 18. The molecule has 1 atom stereocenters. The Labute approximate surface area is 350 Å². The van der Waals surface area contributed by atoms with Gasteiger partial charge in [-0.1, -0.05) is 158 Å². The highest BCUT2D eigenvalue weighted by molar-refractivity contribution is 7.25. The zero-order chi connectivity index (χ0) is 39.1. The van der Waals surface area contributed by atoms with Gasteiger partial charge < -0.3 is 0 Å². The highest BCUT2D eigenvalue weighted by Crippen LogP contribution is 2.65. The van der Waals surface area contributed by atoms with Crippen LogP contribution in [0.15, 0.2) is 200 Å². The lowest BCUT2D eigenvalue weighted by molar-refractivity contribution is 0.796. The summed E-state index contributed by atoms with van der Waals surface area (Å²) in [5, 5.41) is 11.4. The van der Waals surface area contributed by atoms with Crippen LogP contribution in [0.25, 0.3) is 108 Å². The SMILES string of the molecule is c1ccc2c(c1)-c1cc3sc4ccccc4c3cc1C21c2cc(-c3c4ccccc4c(-c4cccc5ncccc45)c4ccccc34)ccc2-c2c1ccc1ccccc21. The molecule has 14 rings (SSSR count). The Morgan fingerprint density at radius 2 is 1.00 bits per heavy atom. The summed E-state index contributed by atoms with van der Waals surface area (Å²) in [4.78, 5) is 4.76. The molecule has 12 aromatic rings. The van der Waals surface area contributed by atoms with Crippen molar-refractivity contribution < 1.29 is 0 Å². The van der Waals surface area contributed by atoms with Crippen LogP contribution < -0.4 is 0 Å². The van der Waals surface area contributed by atoms with Gasteiger partial charge in [0.1, 0.15) is 0 Å². The molecule has 0 fully saturated rings. The monoisotopic (exact) mass is 775 g/mol. The second-order valence-electron chi connectivity index (χ2n) is 16.5. The Morgan fingerprint density at radius 1 is 0.333 bits per heavy atom. The zero-order valence-electron chi connectivity index (χ0n) is 32.4. The third-order valence-corrected chi connectivity index (χ3v) is 14.8. The van der Waals surface area contributed by atoms with E-state index < -0.39 is 5.41 Å². The number of aromatic nitrogens is 1. The number of nitrogens with zero attached hydrogens (tertiary/aromatic N) is 1. The maximum absolute atomic E-state index is 4.76. The van der Waals surface area contributed by atoms with E-state index in [1.54, 1.807) is 0 Å². The molecular weight excluding hydrogens is 743 g/mol. The fraction of sp³-hybridized carbons (Fsp3) is 0.0172. The van der Waals surface area contributed by atoms with Gasteiger partial charge in [-0.2, -0.15) is 0 Å². The molecule has 1 spiro atoms.